The second-order valence-corrected chi connectivity index (χ2v) is 5.11. The number of fused-ring (bicyclic) bond motifs is 3. The largest absolute Gasteiger partial charge is 0.250 e. The molecule has 3 rings (SSSR count). The Kier molecular flexibility index (Phi) is 2.34. The third-order valence-corrected chi connectivity index (χ3v) is 4.16. The number of aryl methyl sites for hydroxylation is 1. The number of aromatic nitrogens is 2. The molecule has 4 heteroatoms. The molecule has 0 spiro atoms. The predicted octanol–water partition coefficient (Wildman–Crippen LogP) is 3.34. The first-order chi connectivity index (χ1) is 8.33. The van der Waals surface area contributed by atoms with Gasteiger partial charge in [0.05, 0.1) is 17.8 Å². The molecule has 2 heterocycles. The van der Waals surface area contributed by atoms with Gasteiger partial charge in [0.15, 0.2) is 0 Å². The molecular weight excluding hydrogens is 230 g/mol. The van der Waals surface area contributed by atoms with E-state index in [0.29, 0.717) is 6.54 Å². The first-order valence-corrected chi connectivity index (χ1v) is 6.39. The van der Waals surface area contributed by atoms with Crippen molar-refractivity contribution in [1.82, 2.24) is 9.78 Å². The zero-order valence-electron chi connectivity index (χ0n) is 9.47. The van der Waals surface area contributed by atoms with Crippen LogP contribution in [0, 0.1) is 11.3 Å². The van der Waals surface area contributed by atoms with Crippen molar-refractivity contribution in [3.63, 3.8) is 0 Å². The van der Waals surface area contributed by atoms with Gasteiger partial charge in [0.2, 0.25) is 0 Å². The Morgan fingerprint density at radius 2 is 2.35 bits per heavy atom. The van der Waals surface area contributed by atoms with Crippen molar-refractivity contribution in [2.75, 3.05) is 0 Å². The minimum Gasteiger partial charge on any atom is -0.250 e. The lowest BCUT2D eigenvalue weighted by molar-refractivity contribution is 0.738. The summed E-state index contributed by atoms with van der Waals surface area (Å²) in [5.41, 5.74) is 1.08. The van der Waals surface area contributed by atoms with Crippen molar-refractivity contribution in [2.45, 2.75) is 19.9 Å². The van der Waals surface area contributed by atoms with Crippen LogP contribution >= 0.6 is 11.3 Å². The van der Waals surface area contributed by atoms with Crippen LogP contribution in [-0.4, -0.2) is 9.78 Å². The fourth-order valence-corrected chi connectivity index (χ4v) is 3.11. The van der Waals surface area contributed by atoms with Gasteiger partial charge in [-0.15, -0.1) is 11.3 Å². The van der Waals surface area contributed by atoms with Crippen molar-refractivity contribution in [3.05, 3.63) is 29.3 Å². The Hall–Kier alpha value is -1.86. The summed E-state index contributed by atoms with van der Waals surface area (Å²) in [6.07, 6.45) is 2.88. The van der Waals surface area contributed by atoms with Crippen LogP contribution in [0.2, 0.25) is 0 Å². The van der Waals surface area contributed by atoms with Crippen LogP contribution < -0.4 is 0 Å². The van der Waals surface area contributed by atoms with Crippen molar-refractivity contribution in [2.24, 2.45) is 0 Å². The molecule has 3 aromatic rings. The molecule has 0 radical (unpaired) electrons. The second-order valence-electron chi connectivity index (χ2n) is 3.94. The molecule has 0 aliphatic carbocycles. The molecule has 2 aromatic heterocycles. The molecule has 0 N–H and O–H groups in total. The van der Waals surface area contributed by atoms with E-state index in [9.17, 15) is 0 Å². The fourth-order valence-electron chi connectivity index (χ4n) is 2.11. The van der Waals surface area contributed by atoms with Crippen LogP contribution in [0.5, 0.6) is 0 Å². The van der Waals surface area contributed by atoms with E-state index in [2.05, 4.69) is 36.3 Å². The molecule has 0 saturated carbocycles. The zero-order chi connectivity index (χ0) is 11.8. The van der Waals surface area contributed by atoms with Crippen LogP contribution in [0.1, 0.15) is 11.8 Å². The molecule has 0 bridgehead atoms. The highest BCUT2D eigenvalue weighted by molar-refractivity contribution is 7.19. The molecule has 3 nitrogen and oxygen atoms in total. The fraction of sp³-hybridized carbons (Fsp3) is 0.231. The third kappa shape index (κ3) is 1.51. The molecule has 0 aliphatic heterocycles. The van der Waals surface area contributed by atoms with Gasteiger partial charge in [0.25, 0.3) is 0 Å². The average molecular weight is 241 g/mol. The predicted molar refractivity (Wildman–Crippen MR) is 70.1 cm³/mol. The summed E-state index contributed by atoms with van der Waals surface area (Å²) in [4.78, 5) is 1.37. The van der Waals surface area contributed by atoms with Gasteiger partial charge in [-0.25, -0.2) is 0 Å². The lowest BCUT2D eigenvalue weighted by Crippen LogP contribution is -1.96. The first kappa shape index (κ1) is 10.3. The van der Waals surface area contributed by atoms with Gasteiger partial charge in [-0.1, -0.05) is 6.92 Å². The molecule has 17 heavy (non-hydrogen) atoms. The Labute approximate surface area is 103 Å². The molecule has 0 aliphatic rings. The van der Waals surface area contributed by atoms with E-state index < -0.39 is 0 Å². The molecule has 1 aromatic carbocycles. The summed E-state index contributed by atoms with van der Waals surface area (Å²) in [6, 6.07) is 8.59. The van der Waals surface area contributed by atoms with Gasteiger partial charge in [0.1, 0.15) is 6.54 Å². The van der Waals surface area contributed by atoms with Gasteiger partial charge in [0, 0.05) is 20.3 Å². The molecule has 84 valence electrons. The molecule has 0 amide bonds. The Morgan fingerprint density at radius 3 is 3.12 bits per heavy atom. The minimum absolute atomic E-state index is 0.305. The number of hydrogen-bond donors (Lipinski definition) is 0. The SMILES string of the molecule is CCc1cc2c(ccc3cnn(CC#N)c32)s1. The summed E-state index contributed by atoms with van der Waals surface area (Å²) >= 11 is 1.82. The monoisotopic (exact) mass is 241 g/mol. The van der Waals surface area contributed by atoms with Crippen LogP contribution in [0.15, 0.2) is 24.4 Å². The maximum absolute atomic E-state index is 8.81. The highest BCUT2D eigenvalue weighted by atomic mass is 32.1. The standard InChI is InChI=1S/C13H11N3S/c1-2-10-7-11-12(17-10)4-3-9-8-15-16(6-5-14)13(9)11/h3-4,7-8H,2,6H2,1H3. The normalized spacial score (nSPS) is 11.1. The van der Waals surface area contributed by atoms with E-state index in [4.69, 9.17) is 5.26 Å². The molecule has 0 fully saturated rings. The molecule has 0 saturated heterocycles. The van der Waals surface area contributed by atoms with Crippen LogP contribution in [-0.2, 0) is 13.0 Å². The highest BCUT2D eigenvalue weighted by Crippen LogP contribution is 2.32. The summed E-state index contributed by atoms with van der Waals surface area (Å²) in [5, 5.41) is 15.4. The van der Waals surface area contributed by atoms with Crippen LogP contribution in [0.3, 0.4) is 0 Å². The number of benzene rings is 1. The van der Waals surface area contributed by atoms with Crippen molar-refractivity contribution in [3.8, 4) is 6.07 Å². The summed E-state index contributed by atoms with van der Waals surface area (Å²) in [6.45, 7) is 2.47. The summed E-state index contributed by atoms with van der Waals surface area (Å²) < 4.78 is 3.05. The maximum Gasteiger partial charge on any atom is 0.128 e. The number of thiophene rings is 1. The Morgan fingerprint density at radius 1 is 1.47 bits per heavy atom. The van der Waals surface area contributed by atoms with E-state index in [1.54, 1.807) is 4.68 Å². The van der Waals surface area contributed by atoms with E-state index in [-0.39, 0.29) is 0 Å². The quantitative estimate of drug-likeness (QED) is 0.690. The van der Waals surface area contributed by atoms with E-state index >= 15 is 0 Å². The molecule has 0 unspecified atom stereocenters. The summed E-state index contributed by atoms with van der Waals surface area (Å²) in [5.74, 6) is 0. The number of rotatable bonds is 2. The van der Waals surface area contributed by atoms with Crippen LogP contribution in [0.25, 0.3) is 21.0 Å². The summed E-state index contributed by atoms with van der Waals surface area (Å²) in [7, 11) is 0. The lowest BCUT2D eigenvalue weighted by atomic mass is 10.2. The van der Waals surface area contributed by atoms with Crippen LogP contribution in [0.4, 0.5) is 0 Å². The topological polar surface area (TPSA) is 41.6 Å². The Balaban J connectivity index is 2.39. The highest BCUT2D eigenvalue weighted by Gasteiger charge is 2.09. The average Bonchev–Trinajstić information content (AvgIpc) is 2.92. The van der Waals surface area contributed by atoms with E-state index in [1.165, 1.54) is 15.0 Å². The number of nitriles is 1. The number of nitrogens with zero attached hydrogens (tertiary/aromatic N) is 3. The molecule has 0 atom stereocenters. The lowest BCUT2D eigenvalue weighted by Gasteiger charge is -1.98. The van der Waals surface area contributed by atoms with E-state index in [0.717, 1.165) is 17.3 Å². The van der Waals surface area contributed by atoms with Gasteiger partial charge >= 0.3 is 0 Å². The van der Waals surface area contributed by atoms with Crippen molar-refractivity contribution >= 4 is 32.3 Å². The first-order valence-electron chi connectivity index (χ1n) is 5.57. The maximum atomic E-state index is 8.81. The second kappa shape index (κ2) is 3.86. The number of hydrogen-bond acceptors (Lipinski definition) is 3. The van der Waals surface area contributed by atoms with Gasteiger partial charge in [-0.2, -0.15) is 10.4 Å². The van der Waals surface area contributed by atoms with Crippen molar-refractivity contribution < 1.29 is 0 Å². The Bertz CT molecular complexity index is 730. The molecular formula is C13H11N3S. The zero-order valence-corrected chi connectivity index (χ0v) is 10.3. The van der Waals surface area contributed by atoms with Gasteiger partial charge in [-0.3, -0.25) is 4.68 Å². The van der Waals surface area contributed by atoms with Crippen molar-refractivity contribution in [1.29, 1.82) is 5.26 Å². The van der Waals surface area contributed by atoms with Gasteiger partial charge < -0.3 is 0 Å². The smallest absolute Gasteiger partial charge is 0.128 e. The van der Waals surface area contributed by atoms with E-state index in [1.807, 2.05) is 17.5 Å². The third-order valence-electron chi connectivity index (χ3n) is 2.92. The minimum atomic E-state index is 0.305. The van der Waals surface area contributed by atoms with Gasteiger partial charge in [-0.05, 0) is 24.6 Å².